The smallest absolute Gasteiger partial charge is 0.141 e. The fraction of sp³-hybridized carbons (Fsp3) is 0.458. The third-order valence-electron chi connectivity index (χ3n) is 6.37. The molecule has 2 saturated heterocycles. The van der Waals surface area contributed by atoms with Crippen molar-refractivity contribution in [2.45, 2.75) is 38.0 Å². The zero-order valence-corrected chi connectivity index (χ0v) is 16.5. The van der Waals surface area contributed by atoms with E-state index in [4.69, 9.17) is 0 Å². The largest absolute Gasteiger partial charge is 0.389 e. The molecule has 0 bridgehead atoms. The van der Waals surface area contributed by atoms with Crippen LogP contribution in [0.15, 0.2) is 60.7 Å². The summed E-state index contributed by atoms with van der Waals surface area (Å²) >= 11 is 0. The first-order chi connectivity index (χ1) is 13.6. The van der Waals surface area contributed by atoms with Crippen LogP contribution >= 0.6 is 0 Å². The van der Waals surface area contributed by atoms with Gasteiger partial charge in [0.25, 0.3) is 0 Å². The highest BCUT2D eigenvalue weighted by atomic mass is 16.3. The first-order valence-electron chi connectivity index (χ1n) is 10.4. The number of aliphatic hydroxyl groups is 1. The zero-order chi connectivity index (χ0) is 19.4. The van der Waals surface area contributed by atoms with Crippen molar-refractivity contribution in [3.05, 3.63) is 71.8 Å². The van der Waals surface area contributed by atoms with Gasteiger partial charge in [0.2, 0.25) is 0 Å². The molecule has 2 aliphatic heterocycles. The van der Waals surface area contributed by atoms with Crippen LogP contribution in [-0.2, 0) is 17.9 Å². The molecule has 0 radical (unpaired) electrons. The second kappa shape index (κ2) is 8.56. The number of benzene rings is 2. The molecule has 2 fully saturated rings. The van der Waals surface area contributed by atoms with Gasteiger partial charge in [-0.05, 0) is 24.0 Å². The summed E-state index contributed by atoms with van der Waals surface area (Å²) in [5.74, 6) is -0.0211. The van der Waals surface area contributed by atoms with Gasteiger partial charge in [0, 0.05) is 45.7 Å². The van der Waals surface area contributed by atoms with Crippen LogP contribution in [0.4, 0.5) is 0 Å². The Hall–Kier alpha value is -2.01. The van der Waals surface area contributed by atoms with Crippen molar-refractivity contribution in [3.8, 4) is 0 Å². The molecule has 0 saturated carbocycles. The molecule has 0 spiro atoms. The van der Waals surface area contributed by atoms with E-state index in [0.717, 1.165) is 32.7 Å². The van der Waals surface area contributed by atoms with E-state index in [2.05, 4.69) is 58.3 Å². The molecule has 4 rings (SSSR count). The molecule has 2 aliphatic rings. The van der Waals surface area contributed by atoms with Crippen molar-refractivity contribution >= 4 is 5.78 Å². The Kier molecular flexibility index (Phi) is 5.90. The minimum atomic E-state index is -0.861. The zero-order valence-electron chi connectivity index (χ0n) is 16.5. The normalized spacial score (nSPS) is 23.6. The lowest BCUT2D eigenvalue weighted by Gasteiger charge is -2.45. The molecule has 28 heavy (non-hydrogen) atoms. The molecule has 1 unspecified atom stereocenters. The molecule has 0 aliphatic carbocycles. The fourth-order valence-electron chi connectivity index (χ4n) is 4.64. The topological polar surface area (TPSA) is 43.8 Å². The second-order valence-corrected chi connectivity index (χ2v) is 8.35. The summed E-state index contributed by atoms with van der Waals surface area (Å²) in [6.45, 7) is 4.90. The monoisotopic (exact) mass is 378 g/mol. The number of hydrogen-bond donors (Lipinski definition) is 1. The van der Waals surface area contributed by atoms with Crippen LogP contribution in [0, 0.1) is 5.92 Å². The average Bonchev–Trinajstić information content (AvgIpc) is 2.73. The van der Waals surface area contributed by atoms with Crippen LogP contribution in [0.2, 0.25) is 0 Å². The molecule has 0 aromatic heterocycles. The Morgan fingerprint density at radius 1 is 0.821 bits per heavy atom. The number of ketones is 1. The van der Waals surface area contributed by atoms with Crippen molar-refractivity contribution in [1.82, 2.24) is 9.80 Å². The predicted molar refractivity (Wildman–Crippen MR) is 111 cm³/mol. The number of likely N-dealkylation sites (tertiary alicyclic amines) is 2. The molecule has 2 heterocycles. The third-order valence-corrected chi connectivity index (χ3v) is 6.37. The van der Waals surface area contributed by atoms with E-state index in [9.17, 15) is 9.90 Å². The van der Waals surface area contributed by atoms with Crippen molar-refractivity contribution in [2.24, 2.45) is 5.92 Å². The molecule has 2 aromatic carbocycles. The number of rotatable bonds is 5. The number of carbonyl (C=O) groups excluding carboxylic acids is 1. The van der Waals surface area contributed by atoms with Gasteiger partial charge < -0.3 is 5.11 Å². The Morgan fingerprint density at radius 2 is 1.36 bits per heavy atom. The molecule has 1 atom stereocenters. The van der Waals surface area contributed by atoms with Gasteiger partial charge >= 0.3 is 0 Å². The lowest BCUT2D eigenvalue weighted by molar-refractivity contribution is -0.144. The molecule has 0 amide bonds. The molecule has 4 heteroatoms. The summed E-state index contributed by atoms with van der Waals surface area (Å²) in [6.07, 6.45) is 1.90. The summed E-state index contributed by atoms with van der Waals surface area (Å²) in [5, 5.41) is 11.4. The van der Waals surface area contributed by atoms with E-state index in [1.54, 1.807) is 0 Å². The standard InChI is InChI=1S/C24H30N2O2/c27-23-11-14-26(18-21-9-5-2-6-10-21)19-22(23)24(28)12-15-25(16-13-24)17-20-7-3-1-4-8-20/h1-10,22,28H,11-19H2. The van der Waals surface area contributed by atoms with E-state index >= 15 is 0 Å². The SMILES string of the molecule is O=C1CCN(Cc2ccccc2)CC1C1(O)CCN(Cc2ccccc2)CC1. The third kappa shape index (κ3) is 4.52. The Bertz CT molecular complexity index is 770. The van der Waals surface area contributed by atoms with Crippen molar-refractivity contribution in [3.63, 3.8) is 0 Å². The Labute approximate surface area is 167 Å². The van der Waals surface area contributed by atoms with Gasteiger partial charge in [0.05, 0.1) is 11.5 Å². The minimum absolute atomic E-state index is 0.239. The summed E-state index contributed by atoms with van der Waals surface area (Å²) < 4.78 is 0. The minimum Gasteiger partial charge on any atom is -0.389 e. The number of piperidine rings is 2. The highest BCUT2D eigenvalue weighted by Crippen LogP contribution is 2.34. The van der Waals surface area contributed by atoms with E-state index in [0.29, 0.717) is 25.8 Å². The van der Waals surface area contributed by atoms with Crippen LogP contribution in [0.25, 0.3) is 0 Å². The summed E-state index contributed by atoms with van der Waals surface area (Å²) in [7, 11) is 0. The fourth-order valence-corrected chi connectivity index (χ4v) is 4.64. The predicted octanol–water partition coefficient (Wildman–Crippen LogP) is 3.10. The molecule has 2 aromatic rings. The van der Waals surface area contributed by atoms with E-state index < -0.39 is 5.60 Å². The maximum atomic E-state index is 12.7. The van der Waals surface area contributed by atoms with E-state index in [1.807, 2.05) is 12.1 Å². The molecule has 1 N–H and O–H groups in total. The van der Waals surface area contributed by atoms with Crippen molar-refractivity contribution in [1.29, 1.82) is 0 Å². The molecular weight excluding hydrogens is 348 g/mol. The Morgan fingerprint density at radius 3 is 1.93 bits per heavy atom. The molecule has 148 valence electrons. The van der Waals surface area contributed by atoms with Gasteiger partial charge in [-0.25, -0.2) is 0 Å². The van der Waals surface area contributed by atoms with Crippen LogP contribution in [-0.4, -0.2) is 52.5 Å². The highest BCUT2D eigenvalue weighted by Gasteiger charge is 2.45. The maximum Gasteiger partial charge on any atom is 0.141 e. The lowest BCUT2D eigenvalue weighted by Crippen LogP contribution is -2.56. The first-order valence-corrected chi connectivity index (χ1v) is 10.4. The number of nitrogens with zero attached hydrogens (tertiary/aromatic N) is 2. The maximum absolute atomic E-state index is 12.7. The van der Waals surface area contributed by atoms with Crippen LogP contribution in [0.3, 0.4) is 0 Å². The summed E-state index contributed by atoms with van der Waals surface area (Å²) in [6, 6.07) is 20.8. The number of carbonyl (C=O) groups is 1. The molecule has 4 nitrogen and oxygen atoms in total. The van der Waals surface area contributed by atoms with Gasteiger partial charge in [-0.15, -0.1) is 0 Å². The van der Waals surface area contributed by atoms with Gasteiger partial charge in [-0.3, -0.25) is 14.6 Å². The highest BCUT2D eigenvalue weighted by molar-refractivity contribution is 5.83. The second-order valence-electron chi connectivity index (χ2n) is 8.35. The van der Waals surface area contributed by atoms with Crippen LogP contribution in [0.5, 0.6) is 0 Å². The van der Waals surface area contributed by atoms with Gasteiger partial charge in [0.15, 0.2) is 0 Å². The number of hydrogen-bond acceptors (Lipinski definition) is 4. The average molecular weight is 379 g/mol. The van der Waals surface area contributed by atoms with E-state index in [1.165, 1.54) is 11.1 Å². The van der Waals surface area contributed by atoms with E-state index in [-0.39, 0.29) is 11.7 Å². The van der Waals surface area contributed by atoms with Gasteiger partial charge in [-0.1, -0.05) is 60.7 Å². The Balaban J connectivity index is 1.36. The number of Topliss-reactive ketones (excluding diaryl/α,β-unsaturated/α-hetero) is 1. The van der Waals surface area contributed by atoms with Crippen LogP contribution in [0.1, 0.15) is 30.4 Å². The van der Waals surface area contributed by atoms with Crippen molar-refractivity contribution in [2.75, 3.05) is 26.2 Å². The summed E-state index contributed by atoms with van der Waals surface area (Å²) in [5.41, 5.74) is 1.70. The van der Waals surface area contributed by atoms with Gasteiger partial charge in [-0.2, -0.15) is 0 Å². The van der Waals surface area contributed by atoms with Crippen molar-refractivity contribution < 1.29 is 9.90 Å². The first kappa shape index (κ1) is 19.3. The van der Waals surface area contributed by atoms with Gasteiger partial charge in [0.1, 0.15) is 5.78 Å². The van der Waals surface area contributed by atoms with Crippen LogP contribution < -0.4 is 0 Å². The molecular formula is C24H30N2O2. The summed E-state index contributed by atoms with van der Waals surface area (Å²) in [4.78, 5) is 17.4. The quantitative estimate of drug-likeness (QED) is 0.868. The lowest BCUT2D eigenvalue weighted by atomic mass is 9.74.